The Morgan fingerprint density at radius 3 is 2.40 bits per heavy atom. The Bertz CT molecular complexity index is 569. The largest absolute Gasteiger partial charge is 0.385 e. The van der Waals surface area contributed by atoms with Crippen LogP contribution in [0.5, 0.6) is 0 Å². The van der Waals surface area contributed by atoms with Gasteiger partial charge in [-0.3, -0.25) is 4.99 Å². The first-order valence-electron chi connectivity index (χ1n) is 8.66. The highest BCUT2D eigenvalue weighted by Gasteiger charge is 2.41. The molecule has 1 aliphatic carbocycles. The quantitative estimate of drug-likeness (QED) is 0.388. The van der Waals surface area contributed by atoms with E-state index in [4.69, 9.17) is 22.1 Å². The smallest absolute Gasteiger partial charge is 0.191 e. The Hall–Kier alpha value is -0.730. The molecule has 3 rings (SSSR count). The molecule has 2 fully saturated rings. The molecule has 1 aromatic rings. The number of nitrogens with two attached hydrogens (primary N) is 1. The molecule has 0 atom stereocenters. The highest BCUT2D eigenvalue weighted by Crippen LogP contribution is 2.48. The summed E-state index contributed by atoms with van der Waals surface area (Å²) in [5.41, 5.74) is 7.79. The molecular weight excluding hydrogens is 451 g/mol. The molecule has 0 unspecified atom stereocenters. The highest BCUT2D eigenvalue weighted by molar-refractivity contribution is 14.0. The highest BCUT2D eigenvalue weighted by atomic mass is 127. The lowest BCUT2D eigenvalue weighted by molar-refractivity contribution is 0.174. The van der Waals surface area contributed by atoms with E-state index >= 15 is 0 Å². The molecule has 1 aliphatic heterocycles. The van der Waals surface area contributed by atoms with Gasteiger partial charge in [0.05, 0.1) is 0 Å². The summed E-state index contributed by atoms with van der Waals surface area (Å²) in [6.07, 6.45) is 3.58. The summed E-state index contributed by atoms with van der Waals surface area (Å²) in [4.78, 5) is 9.23. The topological polar surface area (TPSA) is 54.1 Å². The van der Waals surface area contributed by atoms with E-state index in [0.717, 1.165) is 50.8 Å². The van der Waals surface area contributed by atoms with Crippen LogP contribution < -0.4 is 10.6 Å². The number of hydrogen-bond donors (Lipinski definition) is 1. The fourth-order valence-electron chi connectivity index (χ4n) is 3.18. The summed E-state index contributed by atoms with van der Waals surface area (Å²) in [5, 5.41) is 0.774. The molecular formula is C18H28ClIN4O. The van der Waals surface area contributed by atoms with Gasteiger partial charge in [-0.2, -0.15) is 0 Å². The molecule has 0 amide bonds. The Balaban J connectivity index is 0.00000225. The first kappa shape index (κ1) is 20.6. The number of benzene rings is 1. The monoisotopic (exact) mass is 478 g/mol. The molecule has 0 radical (unpaired) electrons. The molecule has 7 heteroatoms. The maximum absolute atomic E-state index is 6.22. The third kappa shape index (κ3) is 5.62. The van der Waals surface area contributed by atoms with Crippen molar-refractivity contribution in [2.24, 2.45) is 16.1 Å². The first-order valence-corrected chi connectivity index (χ1v) is 9.04. The molecule has 25 heavy (non-hydrogen) atoms. The van der Waals surface area contributed by atoms with Crippen molar-refractivity contribution in [1.82, 2.24) is 4.90 Å². The van der Waals surface area contributed by atoms with Crippen LogP contribution >= 0.6 is 35.6 Å². The predicted molar refractivity (Wildman–Crippen MR) is 115 cm³/mol. The molecule has 1 saturated heterocycles. The maximum Gasteiger partial charge on any atom is 0.191 e. The van der Waals surface area contributed by atoms with Gasteiger partial charge in [0.2, 0.25) is 0 Å². The Morgan fingerprint density at radius 2 is 1.84 bits per heavy atom. The number of methoxy groups -OCH3 is 1. The molecule has 2 aliphatic rings. The fraction of sp³-hybridized carbons (Fsp3) is 0.611. The van der Waals surface area contributed by atoms with Crippen molar-refractivity contribution in [2.75, 3.05) is 51.3 Å². The molecule has 140 valence electrons. The van der Waals surface area contributed by atoms with E-state index in [2.05, 4.69) is 26.9 Å². The molecule has 0 spiro atoms. The summed E-state index contributed by atoms with van der Waals surface area (Å²) < 4.78 is 5.20. The van der Waals surface area contributed by atoms with Crippen LogP contribution in [-0.2, 0) is 4.74 Å². The van der Waals surface area contributed by atoms with Gasteiger partial charge in [-0.05, 0) is 48.9 Å². The zero-order valence-corrected chi connectivity index (χ0v) is 17.9. The summed E-state index contributed by atoms with van der Waals surface area (Å²) in [7, 11) is 1.76. The number of halogens is 2. The van der Waals surface area contributed by atoms with Gasteiger partial charge < -0.3 is 20.3 Å². The van der Waals surface area contributed by atoms with E-state index in [9.17, 15) is 0 Å². The van der Waals surface area contributed by atoms with Gasteiger partial charge in [0.25, 0.3) is 0 Å². The van der Waals surface area contributed by atoms with Crippen molar-refractivity contribution < 1.29 is 4.74 Å². The molecule has 0 bridgehead atoms. The van der Waals surface area contributed by atoms with Gasteiger partial charge in [0.1, 0.15) is 0 Å². The molecule has 1 heterocycles. The lowest BCUT2D eigenvalue weighted by Crippen LogP contribution is -2.51. The average Bonchev–Trinajstić information content (AvgIpc) is 3.39. The van der Waals surface area contributed by atoms with E-state index < -0.39 is 0 Å². The summed E-state index contributed by atoms with van der Waals surface area (Å²) in [5.74, 6) is 0.689. The second-order valence-corrected chi connectivity index (χ2v) is 7.30. The van der Waals surface area contributed by atoms with Crippen LogP contribution in [0.3, 0.4) is 0 Å². The van der Waals surface area contributed by atoms with Crippen molar-refractivity contribution in [3.05, 3.63) is 29.3 Å². The van der Waals surface area contributed by atoms with Gasteiger partial charge in [-0.25, -0.2) is 0 Å². The first-order chi connectivity index (χ1) is 11.6. The second-order valence-electron chi connectivity index (χ2n) is 6.87. The van der Waals surface area contributed by atoms with Gasteiger partial charge in [0.15, 0.2) is 5.96 Å². The number of aliphatic imine (C=N–C) groups is 1. The molecule has 0 aromatic heterocycles. The third-order valence-electron chi connectivity index (χ3n) is 5.17. The van der Waals surface area contributed by atoms with E-state index in [0.29, 0.717) is 11.4 Å². The van der Waals surface area contributed by atoms with Crippen LogP contribution in [0.1, 0.15) is 19.3 Å². The van der Waals surface area contributed by atoms with Crippen LogP contribution in [0, 0.1) is 5.41 Å². The fourth-order valence-corrected chi connectivity index (χ4v) is 3.30. The molecule has 1 aromatic carbocycles. The lowest BCUT2D eigenvalue weighted by Gasteiger charge is -2.36. The zero-order chi connectivity index (χ0) is 17.0. The van der Waals surface area contributed by atoms with E-state index in [1.165, 1.54) is 18.5 Å². The number of ether oxygens (including phenoxy) is 1. The molecule has 5 nitrogen and oxygen atoms in total. The minimum absolute atomic E-state index is 0. The summed E-state index contributed by atoms with van der Waals surface area (Å²) in [6.45, 7) is 5.36. The third-order valence-corrected chi connectivity index (χ3v) is 5.42. The lowest BCUT2D eigenvalue weighted by atomic mass is 10.0. The van der Waals surface area contributed by atoms with Crippen molar-refractivity contribution in [3.63, 3.8) is 0 Å². The second kappa shape index (κ2) is 9.28. The normalized spacial score (nSPS) is 19.5. The van der Waals surface area contributed by atoms with Gasteiger partial charge in [-0.15, -0.1) is 24.0 Å². The van der Waals surface area contributed by atoms with Crippen molar-refractivity contribution >= 4 is 47.2 Å². The van der Waals surface area contributed by atoms with Crippen LogP contribution in [0.25, 0.3) is 0 Å². The minimum Gasteiger partial charge on any atom is -0.385 e. The predicted octanol–water partition coefficient (Wildman–Crippen LogP) is 3.21. The van der Waals surface area contributed by atoms with E-state index in [-0.39, 0.29) is 24.0 Å². The van der Waals surface area contributed by atoms with Crippen LogP contribution in [0.4, 0.5) is 5.69 Å². The number of piperazine rings is 1. The van der Waals surface area contributed by atoms with Gasteiger partial charge >= 0.3 is 0 Å². The number of guanidine groups is 1. The SMILES string of the molecule is COCCC1(CN=C(N)N2CCN(c3ccc(Cl)cc3)CC2)CC1.I. The zero-order valence-electron chi connectivity index (χ0n) is 14.8. The number of rotatable bonds is 6. The number of hydrogen-bond acceptors (Lipinski definition) is 3. The molecule has 2 N–H and O–H groups in total. The van der Waals surface area contributed by atoms with E-state index in [1.807, 2.05) is 12.1 Å². The van der Waals surface area contributed by atoms with E-state index in [1.54, 1.807) is 7.11 Å². The van der Waals surface area contributed by atoms with Crippen LogP contribution in [0.15, 0.2) is 29.3 Å². The Morgan fingerprint density at radius 1 is 1.20 bits per heavy atom. The number of nitrogens with zero attached hydrogens (tertiary/aromatic N) is 3. The minimum atomic E-state index is 0. The summed E-state index contributed by atoms with van der Waals surface area (Å²) >= 11 is 5.96. The summed E-state index contributed by atoms with van der Waals surface area (Å²) in [6, 6.07) is 8.02. The van der Waals surface area contributed by atoms with Crippen LogP contribution in [-0.4, -0.2) is 57.3 Å². The van der Waals surface area contributed by atoms with Gasteiger partial charge in [-0.1, -0.05) is 11.6 Å². The Labute approximate surface area is 172 Å². The molecule has 1 saturated carbocycles. The van der Waals surface area contributed by atoms with Crippen molar-refractivity contribution in [3.8, 4) is 0 Å². The van der Waals surface area contributed by atoms with Crippen LogP contribution in [0.2, 0.25) is 5.02 Å². The van der Waals surface area contributed by atoms with Crippen molar-refractivity contribution in [2.45, 2.75) is 19.3 Å². The average molecular weight is 479 g/mol. The van der Waals surface area contributed by atoms with Crippen molar-refractivity contribution in [1.29, 1.82) is 0 Å². The maximum atomic E-state index is 6.22. The Kier molecular flexibility index (Phi) is 7.64. The standard InChI is InChI=1S/C18H27ClN4O.HI/c1-24-13-8-18(6-7-18)14-21-17(20)23-11-9-22(10-12-23)16-4-2-15(19)3-5-16;/h2-5H,6-14H2,1H3,(H2,20,21);1H. The number of anilines is 1. The van der Waals surface area contributed by atoms with Gasteiger partial charge in [0, 0.05) is 57.2 Å².